The van der Waals surface area contributed by atoms with Gasteiger partial charge < -0.3 is 30.0 Å². The molecule has 0 spiro atoms. The maximum atomic E-state index is 13.8. The summed E-state index contributed by atoms with van der Waals surface area (Å²) >= 11 is 0. The van der Waals surface area contributed by atoms with Crippen LogP contribution >= 0.6 is 0 Å². The number of nitrogens with zero attached hydrogens (tertiary/aromatic N) is 5. The summed E-state index contributed by atoms with van der Waals surface area (Å²) in [5.41, 5.74) is 12.0. The molecule has 0 radical (unpaired) electrons. The van der Waals surface area contributed by atoms with Crippen LogP contribution in [0.1, 0.15) is 86.1 Å². The second kappa shape index (κ2) is 11.8. The van der Waals surface area contributed by atoms with Gasteiger partial charge >= 0.3 is 0 Å². The van der Waals surface area contributed by atoms with Crippen molar-refractivity contribution in [3.8, 4) is 17.3 Å². The highest BCUT2D eigenvalue weighted by molar-refractivity contribution is 5.97. The van der Waals surface area contributed by atoms with Gasteiger partial charge in [0, 0.05) is 48.8 Å². The third-order valence-electron chi connectivity index (χ3n) is 10.2. The van der Waals surface area contributed by atoms with Gasteiger partial charge in [0.1, 0.15) is 23.1 Å². The third kappa shape index (κ3) is 5.06. The van der Waals surface area contributed by atoms with E-state index in [0.717, 1.165) is 85.3 Å². The minimum Gasteiger partial charge on any atom is -0.482 e. The first-order valence-corrected chi connectivity index (χ1v) is 16.3. The maximum Gasteiger partial charge on any atom is 0.254 e. The Morgan fingerprint density at radius 2 is 1.87 bits per heavy atom. The number of nitrogens with two attached hydrogens (primary N) is 1. The van der Waals surface area contributed by atoms with E-state index in [0.29, 0.717) is 23.5 Å². The molecule has 2 amide bonds. The van der Waals surface area contributed by atoms with Crippen molar-refractivity contribution in [1.82, 2.24) is 29.2 Å². The number of nitrogens with one attached hydrogen (secondary N) is 1. The molecule has 5 atom stereocenters. The summed E-state index contributed by atoms with van der Waals surface area (Å²) in [6.45, 7) is 4.78. The lowest BCUT2D eigenvalue weighted by Crippen LogP contribution is -2.40. The van der Waals surface area contributed by atoms with Crippen LogP contribution in [-0.4, -0.2) is 74.1 Å². The summed E-state index contributed by atoms with van der Waals surface area (Å²) in [6, 6.07) is 9.97. The summed E-state index contributed by atoms with van der Waals surface area (Å²) in [5, 5.41) is 4.11. The lowest BCUT2D eigenvalue weighted by Gasteiger charge is -2.23. The molecule has 0 unspecified atom stereocenters. The summed E-state index contributed by atoms with van der Waals surface area (Å²) in [4.78, 5) is 38.9. The van der Waals surface area contributed by atoms with Crippen LogP contribution in [0, 0.1) is 6.92 Å². The number of rotatable bonds is 4. The van der Waals surface area contributed by atoms with E-state index >= 15 is 0 Å². The number of aryl methyl sites for hydroxylation is 2. The monoisotopic (exact) mass is 613 g/mol. The molecule has 0 aromatic carbocycles. The number of carbonyl (C=O) groups is 2. The molecule has 2 saturated heterocycles. The van der Waals surface area contributed by atoms with Gasteiger partial charge in [0.05, 0.1) is 30.2 Å². The van der Waals surface area contributed by atoms with Crippen LogP contribution in [0.3, 0.4) is 0 Å². The molecule has 7 heterocycles. The number of aromatic nitrogens is 4. The minimum atomic E-state index is -0.455. The smallest absolute Gasteiger partial charge is 0.254 e. The van der Waals surface area contributed by atoms with Gasteiger partial charge in [0.2, 0.25) is 5.91 Å². The van der Waals surface area contributed by atoms with Crippen LogP contribution in [0.15, 0.2) is 30.3 Å². The highest BCUT2D eigenvalue weighted by atomic mass is 16.5. The largest absolute Gasteiger partial charge is 0.482 e. The average Bonchev–Trinajstić information content (AvgIpc) is 3.78. The predicted molar refractivity (Wildman–Crippen MR) is 171 cm³/mol. The van der Waals surface area contributed by atoms with Crippen LogP contribution in [0.4, 0.5) is 0 Å². The van der Waals surface area contributed by atoms with E-state index in [-0.39, 0.29) is 36.0 Å². The van der Waals surface area contributed by atoms with Gasteiger partial charge in [-0.15, -0.1) is 0 Å². The fourth-order valence-electron chi connectivity index (χ4n) is 7.79. The van der Waals surface area contributed by atoms with Crippen molar-refractivity contribution in [3.05, 3.63) is 47.3 Å². The van der Waals surface area contributed by atoms with Gasteiger partial charge in [-0.25, -0.2) is 9.97 Å². The fraction of sp³-hybridized carbons (Fsp3) is 0.529. The summed E-state index contributed by atoms with van der Waals surface area (Å²) in [5.74, 6) is 0.460. The van der Waals surface area contributed by atoms with Crippen LogP contribution < -0.4 is 15.8 Å². The third-order valence-corrected chi connectivity index (χ3v) is 10.2. The molecule has 2 fully saturated rings. The van der Waals surface area contributed by atoms with Gasteiger partial charge in [0.25, 0.3) is 5.91 Å². The van der Waals surface area contributed by atoms with Crippen LogP contribution in [0.25, 0.3) is 28.1 Å². The Morgan fingerprint density at radius 1 is 1.04 bits per heavy atom. The highest BCUT2D eigenvalue weighted by Crippen LogP contribution is 2.39. The Morgan fingerprint density at radius 3 is 2.60 bits per heavy atom. The first kappa shape index (κ1) is 29.7. The Balaban J connectivity index is 1.30. The minimum absolute atomic E-state index is 0.00418. The first-order valence-electron chi connectivity index (χ1n) is 16.3. The topological polar surface area (TPSA) is 129 Å². The van der Waals surface area contributed by atoms with E-state index in [1.807, 2.05) is 41.3 Å². The van der Waals surface area contributed by atoms with Crippen LogP contribution in [-0.2, 0) is 16.1 Å². The van der Waals surface area contributed by atoms with Crippen LogP contribution in [0.2, 0.25) is 0 Å². The van der Waals surface area contributed by atoms with Gasteiger partial charge in [-0.2, -0.15) is 0 Å². The number of carbonyl (C=O) groups excluding carboxylic acids is 2. The van der Waals surface area contributed by atoms with E-state index in [2.05, 4.69) is 22.0 Å². The Kier molecular flexibility index (Phi) is 7.77. The number of amides is 2. The Labute approximate surface area is 263 Å². The molecule has 4 bridgehead atoms. The lowest BCUT2D eigenvalue weighted by atomic mass is 9.97. The standard InChI is InChI=1S/C34H43N7O4/c1-19-25-12-10-21-15-27(39(32(21)37-25)14-8-6-5-7-9-28(44-3)33(42)36-19)31-20(2)40-29(38-31)16-22(17-30(40)45-4)34(43)41-23-11-13-26(41)24(35)18-23/h10,12,15-17,19,23-24,26,28H,5-9,11,13-14,18,35H2,1-4H3,(H,36,42)/t19-,23+,24-,26-,28-/m1/s1. The number of hydrogen-bond donors (Lipinski definition) is 2. The molecule has 4 aromatic heterocycles. The van der Waals surface area contributed by atoms with E-state index in [1.54, 1.807) is 14.2 Å². The van der Waals surface area contributed by atoms with Gasteiger partial charge in [0.15, 0.2) is 5.88 Å². The molecular formula is C34H43N7O4. The SMILES string of the molecule is COc1cc(C(=O)N2[C@H]3CC[C@@H]2[C@H](N)C3)cc2nc(-c3cc4ccc5nc4n3CCCCCC[C@@H](OC)C(=O)N[C@@H]5C)c(C)n12. The first-order chi connectivity index (χ1) is 21.8. The van der Waals surface area contributed by atoms with Crippen molar-refractivity contribution in [2.45, 2.75) is 102 Å². The van der Waals surface area contributed by atoms with Crippen LogP contribution in [0.5, 0.6) is 5.88 Å². The maximum absolute atomic E-state index is 13.8. The quantitative estimate of drug-likeness (QED) is 0.346. The molecule has 0 saturated carbocycles. The molecule has 4 aromatic rings. The zero-order chi connectivity index (χ0) is 31.4. The number of ether oxygens (including phenoxy) is 2. The van der Waals surface area contributed by atoms with E-state index in [4.69, 9.17) is 25.2 Å². The second-order valence-corrected chi connectivity index (χ2v) is 12.9. The van der Waals surface area contributed by atoms with Crippen molar-refractivity contribution in [1.29, 1.82) is 0 Å². The summed E-state index contributed by atoms with van der Waals surface area (Å²) in [6.07, 6.45) is 7.01. The number of fused-ring (bicyclic) bond motifs is 4. The molecule has 45 heavy (non-hydrogen) atoms. The van der Waals surface area contributed by atoms with Crippen molar-refractivity contribution in [2.75, 3.05) is 14.2 Å². The molecule has 11 nitrogen and oxygen atoms in total. The molecule has 238 valence electrons. The normalized spacial score (nSPS) is 25.7. The summed E-state index contributed by atoms with van der Waals surface area (Å²) in [7, 11) is 3.23. The molecule has 3 N–H and O–H groups in total. The second-order valence-electron chi connectivity index (χ2n) is 12.9. The number of hydrogen-bond acceptors (Lipinski definition) is 7. The van der Waals surface area contributed by atoms with Crippen molar-refractivity contribution in [3.63, 3.8) is 0 Å². The van der Waals surface area contributed by atoms with E-state index in [1.165, 1.54) is 0 Å². The number of pyridine rings is 2. The molecule has 0 aliphatic carbocycles. The number of imidazole rings is 1. The molecule has 7 rings (SSSR count). The predicted octanol–water partition coefficient (Wildman–Crippen LogP) is 4.53. The number of methoxy groups -OCH3 is 2. The zero-order valence-electron chi connectivity index (χ0n) is 26.6. The molecule has 3 aliphatic rings. The van der Waals surface area contributed by atoms with Crippen molar-refractivity contribution < 1.29 is 19.1 Å². The van der Waals surface area contributed by atoms with Crippen molar-refractivity contribution >= 4 is 28.5 Å². The molecular weight excluding hydrogens is 570 g/mol. The van der Waals surface area contributed by atoms with E-state index in [9.17, 15) is 9.59 Å². The molecule has 3 aliphatic heterocycles. The Bertz CT molecular complexity index is 1780. The average molecular weight is 614 g/mol. The fourth-order valence-corrected chi connectivity index (χ4v) is 7.79. The highest BCUT2D eigenvalue weighted by Gasteiger charge is 2.47. The van der Waals surface area contributed by atoms with E-state index < -0.39 is 6.10 Å². The van der Waals surface area contributed by atoms with Crippen molar-refractivity contribution in [2.24, 2.45) is 5.73 Å². The van der Waals surface area contributed by atoms with Gasteiger partial charge in [-0.3, -0.25) is 14.0 Å². The zero-order valence-corrected chi connectivity index (χ0v) is 26.6. The Hall–Kier alpha value is -3.96. The van der Waals surface area contributed by atoms with Gasteiger partial charge in [-0.05, 0) is 70.2 Å². The summed E-state index contributed by atoms with van der Waals surface area (Å²) < 4.78 is 15.6. The lowest BCUT2D eigenvalue weighted by molar-refractivity contribution is -0.132. The van der Waals surface area contributed by atoms with Gasteiger partial charge in [-0.1, -0.05) is 19.3 Å². The molecule has 11 heteroatoms.